The second-order valence-corrected chi connectivity index (χ2v) is 8.78. The van der Waals surface area contributed by atoms with Gasteiger partial charge in [0.1, 0.15) is 11.4 Å². The molecule has 154 valence electrons. The lowest BCUT2D eigenvalue weighted by atomic mass is 9.85. The summed E-state index contributed by atoms with van der Waals surface area (Å²) in [5.74, 6) is 0.370. The third-order valence-corrected chi connectivity index (χ3v) is 7.38. The first-order valence-electron chi connectivity index (χ1n) is 10.0. The van der Waals surface area contributed by atoms with Crippen molar-refractivity contribution in [3.05, 3.63) is 69.1 Å². The summed E-state index contributed by atoms with van der Waals surface area (Å²) in [6, 6.07) is 9.44. The maximum Gasteiger partial charge on any atom is 0.256 e. The van der Waals surface area contributed by atoms with Crippen LogP contribution in [0.25, 0.3) is 10.4 Å². The number of pyridine rings is 2. The number of carbonyl (C=O) groups is 1. The van der Waals surface area contributed by atoms with Gasteiger partial charge in [-0.25, -0.2) is 4.98 Å². The smallest absolute Gasteiger partial charge is 0.256 e. The van der Waals surface area contributed by atoms with E-state index < -0.39 is 5.91 Å². The van der Waals surface area contributed by atoms with Crippen LogP contribution in [0.15, 0.2) is 47.5 Å². The summed E-state index contributed by atoms with van der Waals surface area (Å²) in [5, 5.41) is 0. The van der Waals surface area contributed by atoms with Gasteiger partial charge in [-0.05, 0) is 55.2 Å². The molecular formula is C22H22N4O3S. The van der Waals surface area contributed by atoms with Crippen LogP contribution in [0.2, 0.25) is 0 Å². The molecule has 0 bridgehead atoms. The number of aromatic amines is 1. The highest BCUT2D eigenvalue weighted by atomic mass is 32.1. The van der Waals surface area contributed by atoms with E-state index in [-0.39, 0.29) is 11.2 Å². The van der Waals surface area contributed by atoms with Gasteiger partial charge in [-0.1, -0.05) is 0 Å². The molecule has 1 amide bonds. The minimum absolute atomic E-state index is 0.0635. The monoisotopic (exact) mass is 422 g/mol. The number of anilines is 1. The van der Waals surface area contributed by atoms with Gasteiger partial charge in [0.2, 0.25) is 5.91 Å². The molecule has 1 spiro atoms. The first-order chi connectivity index (χ1) is 14.6. The number of nitrogens with zero attached hydrogens (tertiary/aromatic N) is 2. The standard InChI is InChI=1S/C22H22N4O3S/c23-20(27)15-3-4-18(25-13-15)26-9-6-22(7-10-26)19-14(5-11-29-22)12-17(30-19)16-2-1-8-24-21(16)28/h1-4,8,12-13H,5-7,9-11H2,(H2,23,27)(H,24,28). The largest absolute Gasteiger partial charge is 0.369 e. The van der Waals surface area contributed by atoms with Crippen molar-refractivity contribution >= 4 is 23.1 Å². The maximum absolute atomic E-state index is 12.2. The van der Waals surface area contributed by atoms with Gasteiger partial charge in [-0.15, -0.1) is 11.3 Å². The van der Waals surface area contributed by atoms with Crippen LogP contribution < -0.4 is 16.2 Å². The van der Waals surface area contributed by atoms with Crippen LogP contribution in [-0.2, 0) is 16.8 Å². The Morgan fingerprint density at radius 3 is 2.80 bits per heavy atom. The van der Waals surface area contributed by atoms with E-state index in [4.69, 9.17) is 10.5 Å². The van der Waals surface area contributed by atoms with Gasteiger partial charge in [0.15, 0.2) is 0 Å². The van der Waals surface area contributed by atoms with Crippen molar-refractivity contribution in [3.63, 3.8) is 0 Å². The third kappa shape index (κ3) is 3.22. The summed E-state index contributed by atoms with van der Waals surface area (Å²) >= 11 is 1.68. The Morgan fingerprint density at radius 2 is 2.10 bits per heavy atom. The number of rotatable bonds is 3. The van der Waals surface area contributed by atoms with E-state index in [2.05, 4.69) is 20.9 Å². The van der Waals surface area contributed by atoms with E-state index in [1.165, 1.54) is 16.6 Å². The van der Waals surface area contributed by atoms with Crippen molar-refractivity contribution in [3.8, 4) is 10.4 Å². The molecular weight excluding hydrogens is 400 g/mol. The first kappa shape index (κ1) is 19.0. The van der Waals surface area contributed by atoms with Crippen molar-refractivity contribution < 1.29 is 9.53 Å². The Kier molecular flexibility index (Phi) is 4.67. The number of amides is 1. The Hall–Kier alpha value is -2.97. The lowest BCUT2D eigenvalue weighted by Gasteiger charge is -2.44. The maximum atomic E-state index is 12.2. The van der Waals surface area contributed by atoms with Crippen LogP contribution in [-0.4, -0.2) is 35.6 Å². The van der Waals surface area contributed by atoms with Crippen molar-refractivity contribution in [2.45, 2.75) is 24.9 Å². The predicted octanol–water partition coefficient (Wildman–Crippen LogP) is 2.67. The number of hydrogen-bond acceptors (Lipinski definition) is 6. The molecule has 0 atom stereocenters. The molecule has 5 heterocycles. The second kappa shape index (κ2) is 7.37. The Labute approximate surface area is 177 Å². The Bertz CT molecular complexity index is 1140. The van der Waals surface area contributed by atoms with Gasteiger partial charge in [0, 0.05) is 35.2 Å². The summed E-state index contributed by atoms with van der Waals surface area (Å²) in [6.07, 6.45) is 5.76. The van der Waals surface area contributed by atoms with Gasteiger partial charge in [-0.3, -0.25) is 9.59 Å². The molecule has 0 aliphatic carbocycles. The van der Waals surface area contributed by atoms with E-state index in [1.807, 2.05) is 18.2 Å². The summed E-state index contributed by atoms with van der Waals surface area (Å²) in [5.41, 5.74) is 7.35. The van der Waals surface area contributed by atoms with Crippen LogP contribution >= 0.6 is 11.3 Å². The molecule has 2 aliphatic heterocycles. The van der Waals surface area contributed by atoms with Crippen LogP contribution in [0.3, 0.4) is 0 Å². The quantitative estimate of drug-likeness (QED) is 0.676. The molecule has 0 aromatic carbocycles. The average molecular weight is 423 g/mol. The number of H-pyrrole nitrogens is 1. The second-order valence-electron chi connectivity index (χ2n) is 7.73. The van der Waals surface area contributed by atoms with Crippen LogP contribution in [0.4, 0.5) is 5.82 Å². The Balaban J connectivity index is 1.39. The molecule has 5 rings (SSSR count). The molecule has 3 N–H and O–H groups in total. The zero-order valence-corrected chi connectivity index (χ0v) is 17.2. The summed E-state index contributed by atoms with van der Waals surface area (Å²) < 4.78 is 6.36. The molecule has 30 heavy (non-hydrogen) atoms. The fraction of sp³-hybridized carbons (Fsp3) is 0.318. The topological polar surface area (TPSA) is 101 Å². The highest BCUT2D eigenvalue weighted by Gasteiger charge is 2.42. The Morgan fingerprint density at radius 1 is 1.27 bits per heavy atom. The number of ether oxygens (including phenoxy) is 1. The van der Waals surface area contributed by atoms with Gasteiger partial charge in [0.25, 0.3) is 5.56 Å². The fourth-order valence-corrected chi connectivity index (χ4v) is 5.79. The number of thiophene rings is 1. The van der Waals surface area contributed by atoms with Gasteiger partial charge >= 0.3 is 0 Å². The molecule has 3 aromatic heterocycles. The van der Waals surface area contributed by atoms with E-state index in [9.17, 15) is 9.59 Å². The number of fused-ring (bicyclic) bond motifs is 2. The van der Waals surface area contributed by atoms with E-state index >= 15 is 0 Å². The molecule has 7 nitrogen and oxygen atoms in total. The van der Waals surface area contributed by atoms with Crippen LogP contribution in [0.1, 0.15) is 33.6 Å². The minimum atomic E-state index is -0.472. The summed E-state index contributed by atoms with van der Waals surface area (Å²) in [4.78, 5) is 35.1. The molecule has 1 saturated heterocycles. The average Bonchev–Trinajstić information content (AvgIpc) is 3.20. The molecule has 2 aliphatic rings. The molecule has 3 aromatic rings. The zero-order chi connectivity index (χ0) is 20.7. The molecule has 0 radical (unpaired) electrons. The number of carbonyl (C=O) groups excluding carboxylic acids is 1. The summed E-state index contributed by atoms with van der Waals surface area (Å²) in [7, 11) is 0. The van der Waals surface area contributed by atoms with Gasteiger partial charge < -0.3 is 20.4 Å². The van der Waals surface area contributed by atoms with Gasteiger partial charge in [-0.2, -0.15) is 0 Å². The molecule has 8 heteroatoms. The number of aromatic nitrogens is 2. The fourth-order valence-electron chi connectivity index (χ4n) is 4.36. The first-order valence-corrected chi connectivity index (χ1v) is 10.8. The number of nitrogens with one attached hydrogen (secondary N) is 1. The zero-order valence-electron chi connectivity index (χ0n) is 16.4. The van der Waals surface area contributed by atoms with Crippen LogP contribution in [0.5, 0.6) is 0 Å². The van der Waals surface area contributed by atoms with Crippen molar-refractivity contribution in [2.75, 3.05) is 24.6 Å². The SMILES string of the molecule is NC(=O)c1ccc(N2CCC3(CC2)OCCc2cc(-c4ccc[nH]c4=O)sc23)nc1. The normalized spacial score (nSPS) is 17.7. The molecule has 0 unspecified atom stereocenters. The van der Waals surface area contributed by atoms with Gasteiger partial charge in [0.05, 0.1) is 17.7 Å². The van der Waals surface area contributed by atoms with E-state index in [0.29, 0.717) is 17.7 Å². The number of hydrogen-bond donors (Lipinski definition) is 2. The van der Waals surface area contributed by atoms with Crippen molar-refractivity contribution in [2.24, 2.45) is 5.73 Å². The van der Waals surface area contributed by atoms with Crippen LogP contribution in [0, 0.1) is 0 Å². The lowest BCUT2D eigenvalue weighted by Crippen LogP contribution is -2.46. The minimum Gasteiger partial charge on any atom is -0.369 e. The highest BCUT2D eigenvalue weighted by Crippen LogP contribution is 2.47. The van der Waals surface area contributed by atoms with E-state index in [0.717, 1.165) is 43.0 Å². The molecule has 0 saturated carbocycles. The lowest BCUT2D eigenvalue weighted by molar-refractivity contribution is -0.0735. The third-order valence-electron chi connectivity index (χ3n) is 5.98. The van der Waals surface area contributed by atoms with Crippen molar-refractivity contribution in [1.82, 2.24) is 9.97 Å². The van der Waals surface area contributed by atoms with Crippen molar-refractivity contribution in [1.29, 1.82) is 0 Å². The molecule has 1 fully saturated rings. The number of nitrogens with two attached hydrogens (primary N) is 1. The van der Waals surface area contributed by atoms with E-state index in [1.54, 1.807) is 23.6 Å². The predicted molar refractivity (Wildman–Crippen MR) is 116 cm³/mol. The highest BCUT2D eigenvalue weighted by molar-refractivity contribution is 7.15. The number of piperidine rings is 1. The summed E-state index contributed by atoms with van der Waals surface area (Å²) in [6.45, 7) is 2.31. The number of primary amides is 1.